The van der Waals surface area contributed by atoms with Crippen molar-refractivity contribution in [3.05, 3.63) is 71.2 Å². The maximum atomic E-state index is 13.6. The third-order valence-electron chi connectivity index (χ3n) is 8.59. The van der Waals surface area contributed by atoms with Crippen LogP contribution in [-0.2, 0) is 16.7 Å². The minimum Gasteiger partial charge on any atom is -0.453 e. The normalized spacial score (nSPS) is 21.7. The molecule has 0 aromatic carbocycles. The minimum absolute atomic E-state index is 0.102. The van der Waals surface area contributed by atoms with Crippen molar-refractivity contribution in [2.75, 3.05) is 23.9 Å². The lowest BCUT2D eigenvalue weighted by Crippen LogP contribution is -2.40. The predicted octanol–water partition coefficient (Wildman–Crippen LogP) is 6.26. The van der Waals surface area contributed by atoms with Crippen molar-refractivity contribution in [2.24, 2.45) is 11.8 Å². The van der Waals surface area contributed by atoms with Crippen LogP contribution in [0.25, 0.3) is 0 Å². The van der Waals surface area contributed by atoms with Gasteiger partial charge in [-0.25, -0.2) is 14.8 Å². The Labute approximate surface area is 264 Å². The third-order valence-corrected chi connectivity index (χ3v) is 9.31. The van der Waals surface area contributed by atoms with Gasteiger partial charge in [-0.2, -0.15) is 0 Å². The number of amides is 2. The van der Waals surface area contributed by atoms with E-state index in [-0.39, 0.29) is 22.9 Å². The van der Waals surface area contributed by atoms with Crippen molar-refractivity contribution in [3.63, 3.8) is 0 Å². The number of nitrogens with one attached hydrogen (secondary N) is 3. The number of carbonyl (C=O) groups excluding carboxylic acids is 2. The molecule has 1 fully saturated rings. The summed E-state index contributed by atoms with van der Waals surface area (Å²) in [6.07, 6.45) is 3.11. The third kappa shape index (κ3) is 7.09. The molecule has 3 aromatic rings. The molecule has 3 atom stereocenters. The molecular formula is C33H43N7O3S. The highest BCUT2D eigenvalue weighted by Gasteiger charge is 2.43. The van der Waals surface area contributed by atoms with E-state index in [0.717, 1.165) is 42.2 Å². The smallest absolute Gasteiger partial charge is 0.407 e. The van der Waals surface area contributed by atoms with Crippen molar-refractivity contribution >= 4 is 35.6 Å². The second-order valence-electron chi connectivity index (χ2n) is 13.4. The Morgan fingerprint density at radius 3 is 2.66 bits per heavy atom. The number of rotatable bonds is 3. The molecule has 10 nitrogen and oxygen atoms in total. The van der Waals surface area contributed by atoms with Crippen LogP contribution in [0.15, 0.2) is 53.7 Å². The highest BCUT2D eigenvalue weighted by Crippen LogP contribution is 2.43. The van der Waals surface area contributed by atoms with Gasteiger partial charge in [-0.05, 0) is 74.4 Å². The number of ether oxygens (including phenoxy) is 1. The molecule has 3 N–H and O–H groups in total. The van der Waals surface area contributed by atoms with Crippen LogP contribution >= 0.6 is 11.9 Å². The van der Waals surface area contributed by atoms with Gasteiger partial charge in [0.1, 0.15) is 16.7 Å². The molecule has 234 valence electrons. The first-order valence-electron chi connectivity index (χ1n) is 15.1. The van der Waals surface area contributed by atoms with Crippen molar-refractivity contribution < 1.29 is 14.3 Å². The van der Waals surface area contributed by atoms with E-state index in [1.807, 2.05) is 42.5 Å². The van der Waals surface area contributed by atoms with E-state index in [2.05, 4.69) is 66.5 Å². The van der Waals surface area contributed by atoms with Gasteiger partial charge in [-0.1, -0.05) is 39.8 Å². The molecule has 11 heteroatoms. The summed E-state index contributed by atoms with van der Waals surface area (Å²) in [7, 11) is 1.34. The fraction of sp³-hybridized carbons (Fsp3) is 0.485. The van der Waals surface area contributed by atoms with Crippen molar-refractivity contribution in [3.8, 4) is 0 Å². The average Bonchev–Trinajstić information content (AvgIpc) is 3.32. The van der Waals surface area contributed by atoms with Gasteiger partial charge < -0.3 is 20.3 Å². The second-order valence-corrected chi connectivity index (χ2v) is 14.3. The number of methoxy groups -OCH3 is 1. The van der Waals surface area contributed by atoms with Crippen LogP contribution in [0.4, 0.5) is 16.4 Å². The number of carbonyl (C=O) groups is 2. The standard InChI is InChI=1S/C33H43N7O3S/c1-20-15-25(24-13-11-21(17-34-24)18-35-31(42)43-7)36-27-9-8-10-28(38-27)44-39-30(41)23-12-14-26(32(2,3)4)37-29(23)40-19-22(20)16-33(40,5)6/h8-14,17,20,22,25H,15-16,18-19H2,1-7H3,(H,35,42)(H,36,38)(H,39,41). The molecule has 2 aliphatic heterocycles. The zero-order valence-electron chi connectivity index (χ0n) is 26.6. The van der Waals surface area contributed by atoms with Crippen LogP contribution in [0, 0.1) is 11.8 Å². The van der Waals surface area contributed by atoms with E-state index in [1.165, 1.54) is 19.1 Å². The molecule has 0 aliphatic carbocycles. The van der Waals surface area contributed by atoms with E-state index in [9.17, 15) is 9.59 Å². The summed E-state index contributed by atoms with van der Waals surface area (Å²) in [5.41, 5.74) is 2.95. The molecule has 0 radical (unpaired) electrons. The number of hydrogen-bond acceptors (Lipinski definition) is 9. The molecule has 5 rings (SSSR count). The molecule has 1 saturated heterocycles. The summed E-state index contributed by atoms with van der Waals surface area (Å²) in [4.78, 5) is 42.2. The summed E-state index contributed by atoms with van der Waals surface area (Å²) in [5, 5.41) is 7.00. The van der Waals surface area contributed by atoms with Gasteiger partial charge in [-0.15, -0.1) is 0 Å². The Morgan fingerprint density at radius 2 is 1.95 bits per heavy atom. The zero-order chi connectivity index (χ0) is 31.6. The number of anilines is 2. The quantitative estimate of drug-likeness (QED) is 0.292. The molecule has 3 aromatic heterocycles. The Balaban J connectivity index is 1.51. The molecule has 2 amide bonds. The number of pyridine rings is 3. The lowest BCUT2D eigenvalue weighted by Gasteiger charge is -2.34. The Bertz CT molecular complexity index is 1510. The number of alkyl carbamates (subject to hydrolysis) is 1. The van der Waals surface area contributed by atoms with E-state index < -0.39 is 6.09 Å². The van der Waals surface area contributed by atoms with Crippen LogP contribution in [-0.4, -0.2) is 46.1 Å². The average molecular weight is 618 g/mol. The number of aromatic nitrogens is 3. The maximum absolute atomic E-state index is 13.6. The molecule has 2 aliphatic rings. The molecule has 44 heavy (non-hydrogen) atoms. The van der Waals surface area contributed by atoms with Gasteiger partial charge in [0.25, 0.3) is 5.91 Å². The first kappa shape index (κ1) is 31.6. The largest absolute Gasteiger partial charge is 0.453 e. The monoisotopic (exact) mass is 617 g/mol. The molecule has 4 bridgehead atoms. The summed E-state index contributed by atoms with van der Waals surface area (Å²) < 4.78 is 7.69. The summed E-state index contributed by atoms with van der Waals surface area (Å²) >= 11 is 1.19. The van der Waals surface area contributed by atoms with Crippen LogP contribution in [0.3, 0.4) is 0 Å². The van der Waals surface area contributed by atoms with Gasteiger partial charge >= 0.3 is 6.09 Å². The summed E-state index contributed by atoms with van der Waals surface area (Å²) in [6.45, 7) is 14.4. The molecular weight excluding hydrogens is 574 g/mol. The van der Waals surface area contributed by atoms with Crippen LogP contribution in [0.1, 0.15) is 87.7 Å². The van der Waals surface area contributed by atoms with Gasteiger partial charge in [0, 0.05) is 47.9 Å². The Kier molecular flexibility index (Phi) is 9.06. The predicted molar refractivity (Wildman–Crippen MR) is 174 cm³/mol. The number of nitrogens with zero attached hydrogens (tertiary/aromatic N) is 4. The van der Waals surface area contributed by atoms with E-state index in [4.69, 9.17) is 15.0 Å². The lowest BCUT2D eigenvalue weighted by atomic mass is 9.83. The summed E-state index contributed by atoms with van der Waals surface area (Å²) in [5.74, 6) is 1.95. The zero-order valence-corrected chi connectivity index (χ0v) is 27.4. The number of hydrogen-bond donors (Lipinski definition) is 3. The van der Waals surface area contributed by atoms with Gasteiger partial charge in [-0.3, -0.25) is 14.5 Å². The van der Waals surface area contributed by atoms with Crippen molar-refractivity contribution in [1.82, 2.24) is 25.0 Å². The Hall–Kier alpha value is -3.86. The molecule has 3 unspecified atom stereocenters. The maximum Gasteiger partial charge on any atom is 0.407 e. The van der Waals surface area contributed by atoms with Crippen LogP contribution in [0.5, 0.6) is 0 Å². The SMILES string of the molecule is COC(=O)NCc1ccc(C2CC(C)C3CN(c4nc(C(C)(C)C)ccc4C(=O)NSc4cccc(n4)N2)C(C)(C)C3)nc1. The molecule has 0 spiro atoms. The van der Waals surface area contributed by atoms with Crippen LogP contribution in [0.2, 0.25) is 0 Å². The van der Waals surface area contributed by atoms with Crippen molar-refractivity contribution in [1.29, 1.82) is 0 Å². The topological polar surface area (TPSA) is 121 Å². The van der Waals surface area contributed by atoms with E-state index in [1.54, 1.807) is 6.20 Å². The van der Waals surface area contributed by atoms with Crippen molar-refractivity contribution in [2.45, 2.75) is 83.0 Å². The fourth-order valence-corrected chi connectivity index (χ4v) is 6.59. The Morgan fingerprint density at radius 1 is 1.16 bits per heavy atom. The molecule has 5 heterocycles. The highest BCUT2D eigenvalue weighted by molar-refractivity contribution is 7.97. The summed E-state index contributed by atoms with van der Waals surface area (Å²) in [6, 6.07) is 13.5. The van der Waals surface area contributed by atoms with Gasteiger partial charge in [0.15, 0.2) is 0 Å². The first-order valence-corrected chi connectivity index (χ1v) is 15.9. The van der Waals surface area contributed by atoms with Crippen LogP contribution < -0.4 is 20.3 Å². The molecule has 0 saturated carbocycles. The fourth-order valence-electron chi connectivity index (χ4n) is 6.00. The lowest BCUT2D eigenvalue weighted by molar-refractivity contribution is 0.0984. The highest BCUT2D eigenvalue weighted by atomic mass is 32.2. The first-order chi connectivity index (χ1) is 20.8. The van der Waals surface area contributed by atoms with E-state index in [0.29, 0.717) is 34.8 Å². The van der Waals surface area contributed by atoms with Gasteiger partial charge in [0.2, 0.25) is 0 Å². The minimum atomic E-state index is -0.479. The number of fused-ring (bicyclic) bond motifs is 6. The van der Waals surface area contributed by atoms with Gasteiger partial charge in [0.05, 0.1) is 24.4 Å². The van der Waals surface area contributed by atoms with E-state index >= 15 is 0 Å². The second kappa shape index (κ2) is 12.6.